The predicted octanol–water partition coefficient (Wildman–Crippen LogP) is 4.30. The third-order valence-electron chi connectivity index (χ3n) is 3.31. The lowest BCUT2D eigenvalue weighted by atomic mass is 10.0. The maximum atomic E-state index is 6.07. The zero-order chi connectivity index (χ0) is 14.5. The van der Waals surface area contributed by atoms with E-state index < -0.39 is 0 Å². The summed E-state index contributed by atoms with van der Waals surface area (Å²) in [6, 6.07) is 14.4. The Hall–Kier alpha value is -1.51. The van der Waals surface area contributed by atoms with E-state index in [0.717, 1.165) is 29.7 Å². The molecule has 0 aliphatic carbocycles. The van der Waals surface area contributed by atoms with E-state index in [1.165, 1.54) is 5.56 Å². The number of aryl methyl sites for hydroxylation is 1. The van der Waals surface area contributed by atoms with Gasteiger partial charge in [0.05, 0.1) is 7.11 Å². The molecule has 0 saturated heterocycles. The van der Waals surface area contributed by atoms with Crippen LogP contribution < -0.4 is 10.5 Å². The number of hydrogen-bond donors (Lipinski definition) is 1. The van der Waals surface area contributed by atoms with Crippen molar-refractivity contribution in [3.05, 3.63) is 53.1 Å². The predicted molar refractivity (Wildman–Crippen MR) is 85.4 cm³/mol. The zero-order valence-corrected chi connectivity index (χ0v) is 12.7. The number of methoxy groups -OCH3 is 1. The molecule has 0 aliphatic heterocycles. The number of hydrogen-bond acceptors (Lipinski definition) is 2. The van der Waals surface area contributed by atoms with Gasteiger partial charge in [-0.15, -0.1) is 0 Å². The van der Waals surface area contributed by atoms with Gasteiger partial charge in [-0.25, -0.2) is 0 Å². The highest BCUT2D eigenvalue weighted by molar-refractivity contribution is 6.31. The van der Waals surface area contributed by atoms with E-state index in [2.05, 4.69) is 24.3 Å². The molecule has 2 rings (SSSR count). The summed E-state index contributed by atoms with van der Waals surface area (Å²) in [4.78, 5) is 0. The van der Waals surface area contributed by atoms with Crippen LogP contribution in [-0.2, 0) is 6.42 Å². The van der Waals surface area contributed by atoms with Crippen molar-refractivity contribution in [2.24, 2.45) is 5.73 Å². The number of ether oxygens (including phenoxy) is 1. The molecule has 1 unspecified atom stereocenters. The second-order valence-corrected chi connectivity index (χ2v) is 5.49. The fourth-order valence-electron chi connectivity index (χ4n) is 2.15. The summed E-state index contributed by atoms with van der Waals surface area (Å²) < 4.78 is 5.39. The lowest BCUT2D eigenvalue weighted by molar-refractivity contribution is 0.416. The van der Waals surface area contributed by atoms with Crippen LogP contribution in [0.2, 0.25) is 5.02 Å². The minimum atomic E-state index is 0.239. The van der Waals surface area contributed by atoms with Crippen molar-refractivity contribution in [1.82, 2.24) is 0 Å². The van der Waals surface area contributed by atoms with E-state index in [1.807, 2.05) is 25.1 Å². The van der Waals surface area contributed by atoms with Crippen LogP contribution >= 0.6 is 11.6 Å². The van der Waals surface area contributed by atoms with Crippen molar-refractivity contribution in [2.75, 3.05) is 7.11 Å². The highest BCUT2D eigenvalue weighted by Crippen LogP contribution is 2.32. The Labute approximate surface area is 125 Å². The van der Waals surface area contributed by atoms with Gasteiger partial charge in [0.15, 0.2) is 0 Å². The van der Waals surface area contributed by atoms with E-state index in [-0.39, 0.29) is 6.04 Å². The summed E-state index contributed by atoms with van der Waals surface area (Å²) in [7, 11) is 1.67. The molecule has 0 fully saturated rings. The Morgan fingerprint density at radius 3 is 2.45 bits per heavy atom. The van der Waals surface area contributed by atoms with Gasteiger partial charge in [-0.1, -0.05) is 35.9 Å². The van der Waals surface area contributed by atoms with Crippen molar-refractivity contribution < 1.29 is 4.74 Å². The summed E-state index contributed by atoms with van der Waals surface area (Å²) in [6.07, 6.45) is 2.00. The number of halogens is 1. The Morgan fingerprint density at radius 2 is 1.85 bits per heavy atom. The average Bonchev–Trinajstić information content (AvgIpc) is 2.45. The molecule has 3 heteroatoms. The van der Waals surface area contributed by atoms with Gasteiger partial charge >= 0.3 is 0 Å². The number of nitrogens with two attached hydrogens (primary N) is 1. The maximum absolute atomic E-state index is 6.07. The van der Waals surface area contributed by atoms with Gasteiger partial charge in [0.25, 0.3) is 0 Å². The van der Waals surface area contributed by atoms with Gasteiger partial charge in [-0.05, 0) is 49.1 Å². The Balaban J connectivity index is 2.23. The first kappa shape index (κ1) is 14.9. The third-order valence-corrected chi connectivity index (χ3v) is 3.55. The lowest BCUT2D eigenvalue weighted by Gasteiger charge is -2.10. The van der Waals surface area contributed by atoms with Gasteiger partial charge in [0.2, 0.25) is 0 Å². The first-order valence-corrected chi connectivity index (χ1v) is 7.16. The second-order valence-electron chi connectivity index (χ2n) is 5.06. The van der Waals surface area contributed by atoms with Crippen molar-refractivity contribution in [3.63, 3.8) is 0 Å². The SMILES string of the molecule is COc1ccc(Cl)cc1-c1ccc(CCC(C)N)cc1. The van der Waals surface area contributed by atoms with Gasteiger partial charge in [0.1, 0.15) is 5.75 Å². The highest BCUT2D eigenvalue weighted by atomic mass is 35.5. The summed E-state index contributed by atoms with van der Waals surface area (Å²) in [6.45, 7) is 2.03. The molecule has 0 amide bonds. The highest BCUT2D eigenvalue weighted by Gasteiger charge is 2.07. The topological polar surface area (TPSA) is 35.2 Å². The third kappa shape index (κ3) is 3.75. The zero-order valence-electron chi connectivity index (χ0n) is 11.9. The minimum Gasteiger partial charge on any atom is -0.496 e. The van der Waals surface area contributed by atoms with Crippen molar-refractivity contribution in [1.29, 1.82) is 0 Å². The van der Waals surface area contributed by atoms with Crippen LogP contribution in [0.15, 0.2) is 42.5 Å². The first-order chi connectivity index (χ1) is 9.60. The van der Waals surface area contributed by atoms with E-state index in [4.69, 9.17) is 22.1 Å². The first-order valence-electron chi connectivity index (χ1n) is 6.78. The summed E-state index contributed by atoms with van der Waals surface area (Å²) in [5, 5.41) is 0.710. The average molecular weight is 290 g/mol. The molecular formula is C17H20ClNO. The van der Waals surface area contributed by atoms with Crippen molar-refractivity contribution >= 4 is 11.6 Å². The van der Waals surface area contributed by atoms with Crippen LogP contribution in [0.4, 0.5) is 0 Å². The van der Waals surface area contributed by atoms with E-state index >= 15 is 0 Å². The smallest absolute Gasteiger partial charge is 0.126 e. The molecule has 0 spiro atoms. The molecule has 0 bridgehead atoms. The fourth-order valence-corrected chi connectivity index (χ4v) is 2.32. The van der Waals surface area contributed by atoms with Crippen LogP contribution in [0.3, 0.4) is 0 Å². The van der Waals surface area contributed by atoms with Crippen LogP contribution in [-0.4, -0.2) is 13.2 Å². The monoisotopic (exact) mass is 289 g/mol. The van der Waals surface area contributed by atoms with Crippen LogP contribution in [0, 0.1) is 0 Å². The molecule has 0 aromatic heterocycles. The lowest BCUT2D eigenvalue weighted by Crippen LogP contribution is -2.15. The second kappa shape index (κ2) is 6.78. The standard InChI is InChI=1S/C17H20ClNO/c1-12(19)3-4-13-5-7-14(8-6-13)16-11-15(18)9-10-17(16)20-2/h5-12H,3-4,19H2,1-2H3. The molecule has 106 valence electrons. The molecule has 2 aromatic carbocycles. The van der Waals surface area contributed by atoms with E-state index in [9.17, 15) is 0 Å². The Kier molecular flexibility index (Phi) is 5.05. The van der Waals surface area contributed by atoms with Gasteiger partial charge in [-0.2, -0.15) is 0 Å². The Bertz CT molecular complexity index is 564. The van der Waals surface area contributed by atoms with E-state index in [0.29, 0.717) is 5.02 Å². The summed E-state index contributed by atoms with van der Waals surface area (Å²) in [5.41, 5.74) is 9.20. The minimum absolute atomic E-state index is 0.239. The van der Waals surface area contributed by atoms with E-state index in [1.54, 1.807) is 7.11 Å². The summed E-state index contributed by atoms with van der Waals surface area (Å²) >= 11 is 6.07. The van der Waals surface area contributed by atoms with Gasteiger partial charge in [-0.3, -0.25) is 0 Å². The van der Waals surface area contributed by atoms with Crippen LogP contribution in [0.5, 0.6) is 5.75 Å². The van der Waals surface area contributed by atoms with Crippen molar-refractivity contribution in [2.45, 2.75) is 25.8 Å². The van der Waals surface area contributed by atoms with Gasteiger partial charge < -0.3 is 10.5 Å². The molecule has 2 aromatic rings. The molecule has 0 heterocycles. The van der Waals surface area contributed by atoms with Crippen molar-refractivity contribution in [3.8, 4) is 16.9 Å². The quantitative estimate of drug-likeness (QED) is 0.891. The molecule has 20 heavy (non-hydrogen) atoms. The normalized spacial score (nSPS) is 12.2. The largest absolute Gasteiger partial charge is 0.496 e. The molecule has 2 nitrogen and oxygen atoms in total. The molecule has 0 aliphatic rings. The molecule has 2 N–H and O–H groups in total. The van der Waals surface area contributed by atoms with Crippen LogP contribution in [0.25, 0.3) is 11.1 Å². The number of benzene rings is 2. The number of rotatable bonds is 5. The Morgan fingerprint density at radius 1 is 1.15 bits per heavy atom. The van der Waals surface area contributed by atoms with Crippen LogP contribution in [0.1, 0.15) is 18.9 Å². The fraction of sp³-hybridized carbons (Fsp3) is 0.294. The molecule has 0 radical (unpaired) electrons. The molecular weight excluding hydrogens is 270 g/mol. The molecule has 1 atom stereocenters. The maximum Gasteiger partial charge on any atom is 0.126 e. The molecule has 0 saturated carbocycles. The summed E-state index contributed by atoms with van der Waals surface area (Å²) in [5.74, 6) is 0.831. The van der Waals surface area contributed by atoms with Gasteiger partial charge in [0, 0.05) is 16.6 Å².